The van der Waals surface area contributed by atoms with Crippen molar-refractivity contribution in [3.8, 4) is 0 Å². The zero-order valence-corrected chi connectivity index (χ0v) is 12.7. The second-order valence-corrected chi connectivity index (χ2v) is 5.83. The van der Waals surface area contributed by atoms with E-state index in [1.54, 1.807) is 28.9 Å². The van der Waals surface area contributed by atoms with Gasteiger partial charge in [-0.15, -0.1) is 0 Å². The average Bonchev–Trinajstić information content (AvgIpc) is 2.42. The molecule has 0 bridgehead atoms. The summed E-state index contributed by atoms with van der Waals surface area (Å²) in [4.78, 5) is 27.9. The molecule has 0 saturated carbocycles. The monoisotopic (exact) mass is 292 g/mol. The molecule has 5 heteroatoms. The first-order chi connectivity index (χ1) is 9.90. The maximum Gasteiger partial charge on any atom is 0.249 e. The predicted octanol–water partition coefficient (Wildman–Crippen LogP) is 2.44. The van der Waals surface area contributed by atoms with Crippen LogP contribution in [0.2, 0.25) is 0 Å². The van der Waals surface area contributed by atoms with Gasteiger partial charge in [-0.1, -0.05) is 13.8 Å². The van der Waals surface area contributed by atoms with Crippen molar-refractivity contribution in [2.75, 3.05) is 18.0 Å². The highest BCUT2D eigenvalue weighted by Gasteiger charge is 2.34. The number of halogens is 1. The van der Waals surface area contributed by atoms with Gasteiger partial charge >= 0.3 is 0 Å². The zero-order valence-electron chi connectivity index (χ0n) is 12.7. The molecule has 21 heavy (non-hydrogen) atoms. The predicted molar refractivity (Wildman–Crippen MR) is 79.4 cm³/mol. The van der Waals surface area contributed by atoms with Crippen LogP contribution in [0.25, 0.3) is 0 Å². The van der Waals surface area contributed by atoms with Gasteiger partial charge in [0.25, 0.3) is 0 Å². The number of piperazine rings is 1. The van der Waals surface area contributed by atoms with Crippen LogP contribution < -0.4 is 4.90 Å². The van der Waals surface area contributed by atoms with Gasteiger partial charge in [0.1, 0.15) is 11.9 Å². The van der Waals surface area contributed by atoms with Crippen molar-refractivity contribution in [3.05, 3.63) is 30.1 Å². The fraction of sp³-hybridized carbons (Fsp3) is 0.500. The van der Waals surface area contributed by atoms with E-state index in [1.807, 2.05) is 13.8 Å². The SMILES string of the molecule is CC(C)CC(=O)N1CCN(c2ccc(F)cc2)C(=O)C1C. The van der Waals surface area contributed by atoms with Crippen molar-refractivity contribution in [2.45, 2.75) is 33.2 Å². The lowest BCUT2D eigenvalue weighted by Crippen LogP contribution is -2.57. The average molecular weight is 292 g/mol. The minimum atomic E-state index is -0.477. The fourth-order valence-electron chi connectivity index (χ4n) is 2.55. The molecule has 0 N–H and O–H groups in total. The summed E-state index contributed by atoms with van der Waals surface area (Å²) < 4.78 is 13.0. The van der Waals surface area contributed by atoms with Crippen LogP contribution in [-0.2, 0) is 9.59 Å². The van der Waals surface area contributed by atoms with Crippen molar-refractivity contribution in [1.29, 1.82) is 0 Å². The van der Waals surface area contributed by atoms with Crippen LogP contribution in [0, 0.1) is 11.7 Å². The maximum absolute atomic E-state index is 13.0. The summed E-state index contributed by atoms with van der Waals surface area (Å²) in [6, 6.07) is 5.37. The molecular formula is C16H21FN2O2. The number of hydrogen-bond acceptors (Lipinski definition) is 2. The molecule has 0 aromatic heterocycles. The molecule has 2 amide bonds. The number of nitrogens with zero attached hydrogens (tertiary/aromatic N) is 2. The molecule has 4 nitrogen and oxygen atoms in total. The summed E-state index contributed by atoms with van der Waals surface area (Å²) in [6.45, 7) is 6.67. The van der Waals surface area contributed by atoms with Gasteiger partial charge in [0.05, 0.1) is 0 Å². The van der Waals surface area contributed by atoms with Crippen LogP contribution >= 0.6 is 0 Å². The standard InChI is InChI=1S/C16H21FN2O2/c1-11(2)10-15(20)18-8-9-19(16(21)12(18)3)14-6-4-13(17)5-7-14/h4-7,11-12H,8-10H2,1-3H3. The van der Waals surface area contributed by atoms with Crippen LogP contribution in [0.4, 0.5) is 10.1 Å². The summed E-state index contributed by atoms with van der Waals surface area (Å²) >= 11 is 0. The Balaban J connectivity index is 2.10. The molecule has 2 rings (SSSR count). The lowest BCUT2D eigenvalue weighted by molar-refractivity contribution is -0.141. The van der Waals surface area contributed by atoms with Gasteiger partial charge in [0.15, 0.2) is 0 Å². The zero-order chi connectivity index (χ0) is 15.6. The Morgan fingerprint density at radius 3 is 2.48 bits per heavy atom. The number of hydrogen-bond donors (Lipinski definition) is 0. The number of carbonyl (C=O) groups excluding carboxylic acids is 2. The van der Waals surface area contributed by atoms with Crippen molar-refractivity contribution in [3.63, 3.8) is 0 Å². The quantitative estimate of drug-likeness (QED) is 0.858. The Hall–Kier alpha value is -1.91. The van der Waals surface area contributed by atoms with E-state index in [0.29, 0.717) is 25.2 Å². The van der Waals surface area contributed by atoms with Gasteiger partial charge in [-0.2, -0.15) is 0 Å². The molecule has 0 aliphatic carbocycles. The second-order valence-electron chi connectivity index (χ2n) is 5.83. The molecule has 1 unspecified atom stereocenters. The van der Waals surface area contributed by atoms with E-state index in [9.17, 15) is 14.0 Å². The van der Waals surface area contributed by atoms with E-state index in [4.69, 9.17) is 0 Å². The van der Waals surface area contributed by atoms with E-state index in [2.05, 4.69) is 0 Å². The highest BCUT2D eigenvalue weighted by Crippen LogP contribution is 2.21. The summed E-state index contributed by atoms with van der Waals surface area (Å²) in [5.74, 6) is -0.158. The first kappa shape index (κ1) is 15.5. The fourth-order valence-corrected chi connectivity index (χ4v) is 2.55. The number of amides is 2. The van der Waals surface area contributed by atoms with E-state index < -0.39 is 6.04 Å². The van der Waals surface area contributed by atoms with E-state index in [0.717, 1.165) is 0 Å². The topological polar surface area (TPSA) is 40.6 Å². The van der Waals surface area contributed by atoms with Gasteiger partial charge in [0, 0.05) is 25.2 Å². The van der Waals surface area contributed by atoms with Crippen molar-refractivity contribution >= 4 is 17.5 Å². The molecule has 1 atom stereocenters. The normalized spacial score (nSPS) is 19.3. The van der Waals surface area contributed by atoms with E-state index in [1.165, 1.54) is 12.1 Å². The van der Waals surface area contributed by atoms with Gasteiger partial charge in [0.2, 0.25) is 11.8 Å². The molecule has 1 aliphatic rings. The highest BCUT2D eigenvalue weighted by molar-refractivity contribution is 6.00. The first-order valence-electron chi connectivity index (χ1n) is 7.26. The number of carbonyl (C=O) groups is 2. The maximum atomic E-state index is 13.0. The molecule has 1 aromatic carbocycles. The number of anilines is 1. The summed E-state index contributed by atoms with van der Waals surface area (Å²) in [6.07, 6.45) is 0.453. The minimum absolute atomic E-state index is 0.0182. The Morgan fingerprint density at radius 1 is 1.29 bits per heavy atom. The van der Waals surface area contributed by atoms with Gasteiger partial charge in [-0.25, -0.2) is 4.39 Å². The van der Waals surface area contributed by atoms with Gasteiger partial charge < -0.3 is 9.80 Å². The minimum Gasteiger partial charge on any atom is -0.329 e. The summed E-state index contributed by atoms with van der Waals surface area (Å²) in [7, 11) is 0. The number of benzene rings is 1. The molecule has 1 fully saturated rings. The molecule has 1 aromatic rings. The Kier molecular flexibility index (Phi) is 4.60. The molecule has 0 spiro atoms. The van der Waals surface area contributed by atoms with Crippen LogP contribution in [0.3, 0.4) is 0 Å². The smallest absolute Gasteiger partial charge is 0.249 e. The van der Waals surface area contributed by atoms with Crippen molar-refractivity contribution in [2.24, 2.45) is 5.92 Å². The van der Waals surface area contributed by atoms with Crippen LogP contribution in [-0.4, -0.2) is 35.8 Å². The number of rotatable bonds is 3. The van der Waals surface area contributed by atoms with Crippen LogP contribution in [0.1, 0.15) is 27.2 Å². The molecular weight excluding hydrogens is 271 g/mol. The third-order valence-corrected chi connectivity index (χ3v) is 3.70. The van der Waals surface area contributed by atoms with Crippen LogP contribution in [0.5, 0.6) is 0 Å². The molecule has 1 saturated heterocycles. The van der Waals surface area contributed by atoms with Crippen molar-refractivity contribution in [1.82, 2.24) is 4.90 Å². The molecule has 1 heterocycles. The third kappa shape index (κ3) is 3.40. The second kappa shape index (κ2) is 6.24. The molecule has 1 aliphatic heterocycles. The first-order valence-corrected chi connectivity index (χ1v) is 7.26. The van der Waals surface area contributed by atoms with E-state index in [-0.39, 0.29) is 23.5 Å². The Morgan fingerprint density at radius 2 is 1.90 bits per heavy atom. The lowest BCUT2D eigenvalue weighted by Gasteiger charge is -2.39. The molecule has 0 radical (unpaired) electrons. The Bertz CT molecular complexity index is 528. The van der Waals surface area contributed by atoms with Crippen LogP contribution in [0.15, 0.2) is 24.3 Å². The largest absolute Gasteiger partial charge is 0.329 e. The van der Waals surface area contributed by atoms with Crippen molar-refractivity contribution < 1.29 is 14.0 Å². The molecule has 114 valence electrons. The van der Waals surface area contributed by atoms with Gasteiger partial charge in [-0.3, -0.25) is 9.59 Å². The third-order valence-electron chi connectivity index (χ3n) is 3.70. The summed E-state index contributed by atoms with van der Waals surface area (Å²) in [5.41, 5.74) is 0.671. The lowest BCUT2D eigenvalue weighted by atomic mass is 10.1. The Labute approximate surface area is 124 Å². The highest BCUT2D eigenvalue weighted by atomic mass is 19.1. The van der Waals surface area contributed by atoms with Gasteiger partial charge in [-0.05, 0) is 37.1 Å². The summed E-state index contributed by atoms with van der Waals surface area (Å²) in [5, 5.41) is 0. The van der Waals surface area contributed by atoms with E-state index >= 15 is 0 Å².